The van der Waals surface area contributed by atoms with Crippen LogP contribution in [0.2, 0.25) is 0 Å². The van der Waals surface area contributed by atoms with Crippen molar-refractivity contribution in [3.8, 4) is 0 Å². The SMILES string of the molecule is CCCCCCCC/C=C\CCCCCCCCCCCCCCCCCCCCCCCCOP(O)O. The summed E-state index contributed by atoms with van der Waals surface area (Å²) in [5.41, 5.74) is 0. The van der Waals surface area contributed by atoms with Gasteiger partial charge in [-0.3, -0.25) is 0 Å². The fraction of sp³-hybridized carbons (Fsp3) is 0.941. The summed E-state index contributed by atoms with van der Waals surface area (Å²) in [5.74, 6) is 0. The van der Waals surface area contributed by atoms with Gasteiger partial charge < -0.3 is 14.3 Å². The van der Waals surface area contributed by atoms with Crippen LogP contribution in [-0.2, 0) is 4.52 Å². The first kappa shape index (κ1) is 38.0. The largest absolute Gasteiger partial charge is 0.328 e. The molecule has 0 amide bonds. The second kappa shape index (κ2) is 35.1. The number of hydrogen-bond acceptors (Lipinski definition) is 3. The Bertz CT molecular complexity index is 441. The molecular formula is C34H69O3P. The highest BCUT2D eigenvalue weighted by Crippen LogP contribution is 2.24. The van der Waals surface area contributed by atoms with E-state index in [9.17, 15) is 0 Å². The van der Waals surface area contributed by atoms with Gasteiger partial charge in [-0.2, -0.15) is 0 Å². The van der Waals surface area contributed by atoms with Gasteiger partial charge in [-0.1, -0.05) is 180 Å². The molecule has 0 aromatic rings. The van der Waals surface area contributed by atoms with E-state index in [1.807, 2.05) is 0 Å². The summed E-state index contributed by atoms with van der Waals surface area (Å²) in [6, 6.07) is 0. The minimum absolute atomic E-state index is 0.483. The van der Waals surface area contributed by atoms with E-state index in [4.69, 9.17) is 14.3 Å². The first-order valence-electron chi connectivity index (χ1n) is 17.2. The van der Waals surface area contributed by atoms with Crippen LogP contribution in [0.3, 0.4) is 0 Å². The fourth-order valence-corrected chi connectivity index (χ4v) is 5.62. The molecule has 0 aliphatic rings. The molecule has 0 aromatic carbocycles. The summed E-state index contributed by atoms with van der Waals surface area (Å²) in [6.07, 6.45) is 46.3. The molecule has 0 aliphatic heterocycles. The van der Waals surface area contributed by atoms with Gasteiger partial charge in [0, 0.05) is 0 Å². The van der Waals surface area contributed by atoms with Crippen LogP contribution < -0.4 is 0 Å². The molecule has 0 heterocycles. The van der Waals surface area contributed by atoms with Crippen LogP contribution >= 0.6 is 8.60 Å². The zero-order chi connectivity index (χ0) is 27.6. The van der Waals surface area contributed by atoms with Gasteiger partial charge in [0.05, 0.1) is 6.61 Å². The second-order valence-electron chi connectivity index (χ2n) is 11.7. The lowest BCUT2D eigenvalue weighted by molar-refractivity contribution is 0.248. The van der Waals surface area contributed by atoms with Crippen LogP contribution in [-0.4, -0.2) is 16.4 Å². The molecule has 0 bridgehead atoms. The Morgan fingerprint density at radius 3 is 0.947 bits per heavy atom. The molecule has 228 valence electrons. The maximum Gasteiger partial charge on any atom is 0.327 e. The topological polar surface area (TPSA) is 49.7 Å². The average molecular weight is 557 g/mol. The third kappa shape index (κ3) is 36.0. The van der Waals surface area contributed by atoms with Crippen molar-refractivity contribution in [2.75, 3.05) is 6.61 Å². The normalized spacial score (nSPS) is 11.9. The summed E-state index contributed by atoms with van der Waals surface area (Å²) in [5, 5.41) is 0. The smallest absolute Gasteiger partial charge is 0.327 e. The quantitative estimate of drug-likeness (QED) is 0.0480. The third-order valence-corrected chi connectivity index (χ3v) is 8.28. The summed E-state index contributed by atoms with van der Waals surface area (Å²) in [6.45, 7) is 2.77. The van der Waals surface area contributed by atoms with Crippen molar-refractivity contribution < 1.29 is 14.3 Å². The first-order chi connectivity index (χ1) is 18.8. The Morgan fingerprint density at radius 1 is 0.395 bits per heavy atom. The molecule has 3 nitrogen and oxygen atoms in total. The second-order valence-corrected chi connectivity index (χ2v) is 12.4. The summed E-state index contributed by atoms with van der Waals surface area (Å²) < 4.78 is 4.78. The van der Waals surface area contributed by atoms with Crippen molar-refractivity contribution in [2.45, 2.75) is 200 Å². The minimum Gasteiger partial charge on any atom is -0.328 e. The van der Waals surface area contributed by atoms with Gasteiger partial charge in [0.2, 0.25) is 0 Å². The zero-order valence-corrected chi connectivity index (χ0v) is 26.7. The molecule has 0 spiro atoms. The van der Waals surface area contributed by atoms with E-state index in [1.54, 1.807) is 0 Å². The zero-order valence-electron chi connectivity index (χ0n) is 25.8. The molecule has 0 aromatic heterocycles. The van der Waals surface area contributed by atoms with E-state index < -0.39 is 8.60 Å². The molecule has 38 heavy (non-hydrogen) atoms. The molecule has 0 atom stereocenters. The Hall–Kier alpha value is 0.0500. The maximum atomic E-state index is 8.66. The van der Waals surface area contributed by atoms with Crippen molar-refractivity contribution in [3.05, 3.63) is 12.2 Å². The van der Waals surface area contributed by atoms with Crippen molar-refractivity contribution in [2.24, 2.45) is 0 Å². The van der Waals surface area contributed by atoms with Crippen molar-refractivity contribution >= 4 is 8.60 Å². The predicted molar refractivity (Wildman–Crippen MR) is 171 cm³/mol. The average Bonchev–Trinajstić information content (AvgIpc) is 2.91. The van der Waals surface area contributed by atoms with Gasteiger partial charge in [0.25, 0.3) is 0 Å². The number of unbranched alkanes of at least 4 members (excludes halogenated alkanes) is 28. The molecule has 0 saturated carbocycles. The molecule has 0 saturated heterocycles. The minimum atomic E-state index is -2.15. The van der Waals surface area contributed by atoms with Gasteiger partial charge in [0.15, 0.2) is 0 Å². The molecule has 2 N–H and O–H groups in total. The van der Waals surface area contributed by atoms with Gasteiger partial charge in [-0.05, 0) is 32.1 Å². The van der Waals surface area contributed by atoms with Crippen LogP contribution in [0.4, 0.5) is 0 Å². The van der Waals surface area contributed by atoms with E-state index in [1.165, 1.54) is 180 Å². The first-order valence-corrected chi connectivity index (χ1v) is 18.4. The highest BCUT2D eigenvalue weighted by molar-refractivity contribution is 7.39. The van der Waals surface area contributed by atoms with Gasteiger partial charge in [0.1, 0.15) is 0 Å². The summed E-state index contributed by atoms with van der Waals surface area (Å²) in [4.78, 5) is 17.3. The maximum absolute atomic E-state index is 8.66. The lowest BCUT2D eigenvalue weighted by Gasteiger charge is -2.05. The van der Waals surface area contributed by atoms with Crippen molar-refractivity contribution in [1.82, 2.24) is 0 Å². The molecule has 4 heteroatoms. The third-order valence-electron chi connectivity index (χ3n) is 7.86. The fourth-order valence-electron chi connectivity index (χ4n) is 5.32. The van der Waals surface area contributed by atoms with Gasteiger partial charge in [-0.25, -0.2) is 0 Å². The monoisotopic (exact) mass is 556 g/mol. The van der Waals surface area contributed by atoms with E-state index in [2.05, 4.69) is 19.1 Å². The van der Waals surface area contributed by atoms with E-state index in [0.717, 1.165) is 12.8 Å². The number of hydrogen-bond donors (Lipinski definition) is 2. The van der Waals surface area contributed by atoms with E-state index in [0.29, 0.717) is 6.61 Å². The van der Waals surface area contributed by atoms with Crippen LogP contribution in [0.5, 0.6) is 0 Å². The Balaban J connectivity index is 3.06. The van der Waals surface area contributed by atoms with Crippen LogP contribution in [0, 0.1) is 0 Å². The van der Waals surface area contributed by atoms with E-state index >= 15 is 0 Å². The highest BCUT2D eigenvalue weighted by Gasteiger charge is 1.99. The van der Waals surface area contributed by atoms with Crippen LogP contribution in [0.15, 0.2) is 12.2 Å². The molecular weight excluding hydrogens is 487 g/mol. The van der Waals surface area contributed by atoms with Crippen molar-refractivity contribution in [1.29, 1.82) is 0 Å². The van der Waals surface area contributed by atoms with Crippen LogP contribution in [0.25, 0.3) is 0 Å². The lowest BCUT2D eigenvalue weighted by atomic mass is 10.0. The predicted octanol–water partition coefficient (Wildman–Crippen LogP) is 12.5. The van der Waals surface area contributed by atoms with Crippen molar-refractivity contribution in [3.63, 3.8) is 0 Å². The van der Waals surface area contributed by atoms with Gasteiger partial charge in [-0.15, -0.1) is 0 Å². The molecule has 0 aliphatic carbocycles. The standard InChI is InChI=1S/C34H69O3P/c1-2-3-4-5-6-7-8-9-10-11-12-13-14-15-16-17-18-19-20-21-22-23-24-25-26-27-28-29-30-31-32-33-34-37-38(35)36/h9-10,35-36H,2-8,11-34H2,1H3/b10-9-. The summed E-state index contributed by atoms with van der Waals surface area (Å²) >= 11 is 0. The van der Waals surface area contributed by atoms with Crippen LogP contribution in [0.1, 0.15) is 200 Å². The summed E-state index contributed by atoms with van der Waals surface area (Å²) in [7, 11) is -2.15. The molecule has 0 radical (unpaired) electrons. The Kier molecular flexibility index (Phi) is 35.1. The molecule has 0 rings (SSSR count). The number of rotatable bonds is 33. The molecule has 0 fully saturated rings. The lowest BCUT2D eigenvalue weighted by Crippen LogP contribution is -1.89. The number of allylic oxidation sites excluding steroid dienone is 2. The molecule has 0 unspecified atom stereocenters. The van der Waals surface area contributed by atoms with E-state index in [-0.39, 0.29) is 0 Å². The Labute approximate surface area is 241 Å². The Morgan fingerprint density at radius 2 is 0.658 bits per heavy atom. The highest BCUT2D eigenvalue weighted by atomic mass is 31.2. The van der Waals surface area contributed by atoms with Gasteiger partial charge >= 0.3 is 8.60 Å².